The van der Waals surface area contributed by atoms with E-state index < -0.39 is 29.4 Å². The standard InChI is InChI=1S/C39H51N5O5/c1-38(2,3)42-37(47)32-25-43(23-27-14-11-17-40-22-27)18-19-44(32)24-29(45)21-28(20-26-12-7-6-8-13-26)36(46)41-33-30-15-9-10-16-31(30)34-35(33)49-39(4,5)48-34/h6-17,22,28-29,32-35,45H,18-21,23-25H2,1-5H3,(H,41,46)(H,42,47)/t28-,29-,32-,33?,34?,35?/m0/s1. The zero-order valence-corrected chi connectivity index (χ0v) is 29.3. The van der Waals surface area contributed by atoms with Crippen molar-refractivity contribution < 1.29 is 24.2 Å². The van der Waals surface area contributed by atoms with Gasteiger partial charge in [-0.15, -0.1) is 0 Å². The number of rotatable bonds is 11. The van der Waals surface area contributed by atoms with Crippen molar-refractivity contribution in [1.29, 1.82) is 0 Å². The van der Waals surface area contributed by atoms with Crippen LogP contribution >= 0.6 is 0 Å². The number of nitrogens with zero attached hydrogens (tertiary/aromatic N) is 3. The summed E-state index contributed by atoms with van der Waals surface area (Å²) in [5.41, 5.74) is 3.75. The zero-order chi connectivity index (χ0) is 34.8. The van der Waals surface area contributed by atoms with E-state index in [1.54, 1.807) is 6.20 Å². The molecule has 2 saturated heterocycles. The van der Waals surface area contributed by atoms with E-state index in [4.69, 9.17) is 9.47 Å². The van der Waals surface area contributed by atoms with Crippen molar-refractivity contribution in [2.45, 2.75) is 95.7 Å². The summed E-state index contributed by atoms with van der Waals surface area (Å²) in [5.74, 6) is -1.47. The number of carbonyl (C=O) groups is 2. The minimum atomic E-state index is -0.831. The fourth-order valence-corrected chi connectivity index (χ4v) is 7.48. The number of piperazine rings is 1. The van der Waals surface area contributed by atoms with E-state index in [0.29, 0.717) is 26.1 Å². The molecule has 262 valence electrons. The first-order valence-corrected chi connectivity index (χ1v) is 17.5. The number of carbonyl (C=O) groups excluding carboxylic acids is 2. The molecular weight excluding hydrogens is 618 g/mol. The molecule has 1 aliphatic carbocycles. The topological polar surface area (TPSA) is 116 Å². The quantitative estimate of drug-likeness (QED) is 0.279. The lowest BCUT2D eigenvalue weighted by Gasteiger charge is -2.42. The second-order valence-corrected chi connectivity index (χ2v) is 15.3. The van der Waals surface area contributed by atoms with Crippen LogP contribution in [0.4, 0.5) is 0 Å². The predicted octanol–water partition coefficient (Wildman–Crippen LogP) is 4.16. The number of aromatic nitrogens is 1. The molecule has 3 aliphatic rings. The molecule has 6 atom stereocenters. The molecule has 2 aromatic carbocycles. The Hall–Kier alpha value is -3.67. The molecule has 3 unspecified atom stereocenters. The van der Waals surface area contributed by atoms with E-state index in [1.165, 1.54) is 0 Å². The summed E-state index contributed by atoms with van der Waals surface area (Å²) < 4.78 is 12.6. The second-order valence-electron chi connectivity index (χ2n) is 15.3. The van der Waals surface area contributed by atoms with E-state index >= 15 is 0 Å². The zero-order valence-electron chi connectivity index (χ0n) is 29.3. The van der Waals surface area contributed by atoms with Crippen LogP contribution in [0.5, 0.6) is 0 Å². The molecule has 3 heterocycles. The van der Waals surface area contributed by atoms with Crippen LogP contribution in [0.3, 0.4) is 0 Å². The Morgan fingerprint density at radius 1 is 0.980 bits per heavy atom. The molecule has 3 aromatic rings. The van der Waals surface area contributed by atoms with Gasteiger partial charge in [-0.2, -0.15) is 0 Å². The van der Waals surface area contributed by atoms with Gasteiger partial charge in [-0.3, -0.25) is 24.4 Å². The molecule has 6 rings (SSSR count). The van der Waals surface area contributed by atoms with Crippen LogP contribution in [0.15, 0.2) is 79.1 Å². The number of amides is 2. The highest BCUT2D eigenvalue weighted by Crippen LogP contribution is 2.50. The average Bonchev–Trinajstić information content (AvgIpc) is 3.52. The lowest BCUT2D eigenvalue weighted by molar-refractivity contribution is -0.152. The summed E-state index contributed by atoms with van der Waals surface area (Å²) in [5, 5.41) is 18.1. The Balaban J connectivity index is 1.17. The molecule has 2 aliphatic heterocycles. The first-order chi connectivity index (χ1) is 23.3. The van der Waals surface area contributed by atoms with Crippen LogP contribution in [-0.2, 0) is 32.0 Å². The number of aliphatic hydroxyl groups is 1. The fourth-order valence-electron chi connectivity index (χ4n) is 7.48. The van der Waals surface area contributed by atoms with Gasteiger partial charge in [0, 0.05) is 56.6 Å². The van der Waals surface area contributed by atoms with Crippen molar-refractivity contribution in [3.63, 3.8) is 0 Å². The number of pyridine rings is 1. The SMILES string of the molecule is CC(C)(C)NC(=O)[C@@H]1CN(Cc2cccnc2)CCN1C[C@@H](O)C[C@H](Cc1ccccc1)C(=O)NC1c2ccccc2C2OC(C)(C)OC12. The number of ether oxygens (including phenoxy) is 2. The van der Waals surface area contributed by atoms with Crippen LogP contribution < -0.4 is 10.6 Å². The van der Waals surface area contributed by atoms with Crippen LogP contribution in [0.25, 0.3) is 0 Å². The number of hydrogen-bond acceptors (Lipinski definition) is 8. The first-order valence-electron chi connectivity index (χ1n) is 17.5. The van der Waals surface area contributed by atoms with Crippen molar-refractivity contribution >= 4 is 11.8 Å². The van der Waals surface area contributed by atoms with E-state index in [-0.39, 0.29) is 43.0 Å². The summed E-state index contributed by atoms with van der Waals surface area (Å²) in [6.07, 6.45) is 2.90. The lowest BCUT2D eigenvalue weighted by atomic mass is 9.91. The lowest BCUT2D eigenvalue weighted by Crippen LogP contribution is -2.61. The number of aliphatic hydroxyl groups excluding tert-OH is 1. The van der Waals surface area contributed by atoms with E-state index in [0.717, 1.165) is 28.8 Å². The van der Waals surface area contributed by atoms with Crippen LogP contribution in [-0.4, -0.2) is 87.5 Å². The highest BCUT2D eigenvalue weighted by molar-refractivity contribution is 5.83. The fraction of sp³-hybridized carbons (Fsp3) is 0.513. The molecule has 49 heavy (non-hydrogen) atoms. The molecule has 0 saturated carbocycles. The number of fused-ring (bicyclic) bond motifs is 3. The normalized spacial score (nSPS) is 24.9. The largest absolute Gasteiger partial charge is 0.392 e. The van der Waals surface area contributed by atoms with Crippen molar-refractivity contribution in [2.75, 3.05) is 26.2 Å². The Labute approximate surface area is 290 Å². The Morgan fingerprint density at radius 2 is 1.69 bits per heavy atom. The van der Waals surface area contributed by atoms with Gasteiger partial charge in [0.1, 0.15) is 18.2 Å². The minimum absolute atomic E-state index is 0.0645. The summed E-state index contributed by atoms with van der Waals surface area (Å²) >= 11 is 0. The number of benzene rings is 2. The third kappa shape index (κ3) is 8.74. The summed E-state index contributed by atoms with van der Waals surface area (Å²) in [4.78, 5) is 36.5. The monoisotopic (exact) mass is 669 g/mol. The molecule has 10 heteroatoms. The van der Waals surface area contributed by atoms with Gasteiger partial charge in [-0.25, -0.2) is 0 Å². The van der Waals surface area contributed by atoms with E-state index in [1.807, 2.05) is 108 Å². The average molecular weight is 670 g/mol. The molecule has 3 N–H and O–H groups in total. The van der Waals surface area contributed by atoms with Gasteiger partial charge in [-0.05, 0) is 75.8 Å². The molecule has 0 radical (unpaired) electrons. The van der Waals surface area contributed by atoms with Gasteiger partial charge < -0.3 is 25.2 Å². The maximum absolute atomic E-state index is 14.2. The molecule has 2 amide bonds. The Bertz CT molecular complexity index is 1580. The van der Waals surface area contributed by atoms with E-state index in [9.17, 15) is 14.7 Å². The third-order valence-electron chi connectivity index (χ3n) is 9.60. The van der Waals surface area contributed by atoms with Gasteiger partial charge in [0.2, 0.25) is 11.8 Å². The molecular formula is C39H51N5O5. The van der Waals surface area contributed by atoms with E-state index in [2.05, 4.69) is 25.4 Å². The minimum Gasteiger partial charge on any atom is -0.392 e. The first kappa shape index (κ1) is 35.2. The molecule has 1 aromatic heterocycles. The van der Waals surface area contributed by atoms with Crippen LogP contribution in [0.2, 0.25) is 0 Å². The van der Waals surface area contributed by atoms with Gasteiger partial charge in [-0.1, -0.05) is 60.7 Å². The smallest absolute Gasteiger partial charge is 0.239 e. The van der Waals surface area contributed by atoms with Gasteiger partial charge in [0.05, 0.1) is 12.1 Å². The molecule has 0 spiro atoms. The van der Waals surface area contributed by atoms with Gasteiger partial charge in [0.15, 0.2) is 5.79 Å². The Morgan fingerprint density at radius 3 is 2.41 bits per heavy atom. The van der Waals surface area contributed by atoms with Gasteiger partial charge in [0.25, 0.3) is 0 Å². The summed E-state index contributed by atoms with van der Waals surface area (Å²) in [6.45, 7) is 12.6. The maximum Gasteiger partial charge on any atom is 0.239 e. The highest BCUT2D eigenvalue weighted by Gasteiger charge is 2.52. The number of β-amino-alcohol motifs (C(OH)–C–C–N with tert-alkyl or cyclic N) is 1. The van der Waals surface area contributed by atoms with Crippen molar-refractivity contribution in [1.82, 2.24) is 25.4 Å². The predicted molar refractivity (Wildman–Crippen MR) is 187 cm³/mol. The van der Waals surface area contributed by atoms with Gasteiger partial charge >= 0.3 is 0 Å². The highest BCUT2D eigenvalue weighted by atomic mass is 16.8. The molecule has 10 nitrogen and oxygen atoms in total. The third-order valence-corrected chi connectivity index (χ3v) is 9.60. The van der Waals surface area contributed by atoms with Crippen molar-refractivity contribution in [3.8, 4) is 0 Å². The van der Waals surface area contributed by atoms with Crippen LogP contribution in [0, 0.1) is 5.92 Å². The molecule has 2 fully saturated rings. The summed E-state index contributed by atoms with van der Waals surface area (Å²) in [6, 6.07) is 21.1. The maximum atomic E-state index is 14.2. The number of hydrogen-bond donors (Lipinski definition) is 3. The summed E-state index contributed by atoms with van der Waals surface area (Å²) in [7, 11) is 0. The second kappa shape index (κ2) is 14.7. The Kier molecular flexibility index (Phi) is 10.5. The number of nitrogens with one attached hydrogen (secondary N) is 2. The molecule has 0 bridgehead atoms. The van der Waals surface area contributed by atoms with Crippen molar-refractivity contribution in [3.05, 3.63) is 101 Å². The van der Waals surface area contributed by atoms with Crippen molar-refractivity contribution in [2.24, 2.45) is 5.92 Å². The van der Waals surface area contributed by atoms with Crippen LogP contribution in [0.1, 0.15) is 75.4 Å².